The highest BCUT2D eigenvalue weighted by molar-refractivity contribution is 6.37. The standard InChI is InChI=1S/C87H91Cl5N8O35/c1-3-4-5-6-7-8-9-10-52(107)94-61-66(111)69(114)76(84(125)126)135-85(61)132-72-33-18-41(90)74(42(91)19-33)129-49-22-32-21-48(75(49)134-87-71(116)68(113)65(110)51(28-102)131-87)128-46-14-12-30(16-39(46)88)63(108)60-81(121)97-58(38-25-35(26-45(106)54(38)92)127-47-20-29(11-13-43(47)104)55(93-2)77(117)99-60)80(120)96-57(32)78(118)95-56-31-15-37(73(40(89)17-31)133-86-70(115)67(112)64(109)50(27-101)130-86)53-36(23-34(103)24-44(53)105)59(83(123)124)98-82(122)62(72)100-79(56)119/h11-26,50-51,55-72,76,85-87,93,101-106,108-116H,3-10,27-28H2,1-2H3,(H,94,107)(H,95,118)(H,96,120)(H,97,121)(H,98,122)(H,99,117)(H,100,119)(H,123,124)(H,125,126)/t50-,51-,55-,56-,57+,58+,59?,60+,61+,62-,63+,64-,65-,66+,67+,68+,69-,70+,71+,72-,76-,85+,86-,87-/m0/s1. The van der Waals surface area contributed by atoms with Gasteiger partial charge in [-0.1, -0.05) is 116 Å². The Kier molecular flexibility index (Phi) is 30.9. The fraction of sp³-hybridized carbons (Fsp3) is 0.414. The summed E-state index contributed by atoms with van der Waals surface area (Å²) >= 11 is 36.4. The minimum Gasteiger partial charge on any atom is -0.508 e. The van der Waals surface area contributed by atoms with Crippen molar-refractivity contribution in [3.8, 4) is 80.1 Å². The van der Waals surface area contributed by atoms with Crippen molar-refractivity contribution in [2.24, 2.45) is 0 Å². The molecule has 9 heterocycles. The number of benzene rings is 7. The van der Waals surface area contributed by atoms with E-state index in [0.29, 0.717) is 25.0 Å². The molecule has 43 nitrogen and oxygen atoms in total. The summed E-state index contributed by atoms with van der Waals surface area (Å²) in [5.74, 6) is -24.0. The summed E-state index contributed by atoms with van der Waals surface area (Å²) in [6.45, 7) is -0.158. The average molecular weight is 1990 g/mol. The second-order valence-electron chi connectivity index (χ2n) is 32.7. The number of halogens is 5. The molecule has 0 saturated carbocycles. The molecule has 7 aromatic carbocycles. The predicted octanol–water partition coefficient (Wildman–Crippen LogP) is 2.82. The summed E-state index contributed by atoms with van der Waals surface area (Å²) in [4.78, 5) is 140. The molecule has 3 saturated heterocycles. The van der Waals surface area contributed by atoms with Crippen LogP contribution in [0, 0.1) is 0 Å². The number of phenols is 4. The molecule has 16 rings (SSSR count). The van der Waals surface area contributed by atoms with Crippen molar-refractivity contribution < 1.29 is 173 Å². The maximum Gasteiger partial charge on any atom is 0.335 e. The van der Waals surface area contributed by atoms with Gasteiger partial charge in [-0.2, -0.15) is 0 Å². The third kappa shape index (κ3) is 20.8. The molecule has 3 fully saturated rings. The maximum atomic E-state index is 17.1. The number of phenolic OH excluding ortho intramolecular Hbond substituents is 4. The molecule has 0 radical (unpaired) electrons. The van der Waals surface area contributed by atoms with Crippen molar-refractivity contribution in [3.05, 3.63) is 161 Å². The molecule has 7 amide bonds. The Morgan fingerprint density at radius 2 is 1.01 bits per heavy atom. The van der Waals surface area contributed by atoms with Gasteiger partial charge < -0.3 is 172 Å². The van der Waals surface area contributed by atoms with Crippen molar-refractivity contribution in [2.75, 3.05) is 20.3 Å². The number of hydrogen-bond acceptors (Lipinski definition) is 34. The fourth-order valence-corrected chi connectivity index (χ4v) is 17.9. The number of carboxylic acids is 2. The molecule has 9 aliphatic heterocycles. The number of unbranched alkanes of at least 4 members (excludes halogenated alkanes) is 6. The van der Waals surface area contributed by atoms with Crippen molar-refractivity contribution in [3.63, 3.8) is 0 Å². The summed E-state index contributed by atoms with van der Waals surface area (Å²) < 4.78 is 56.3. The van der Waals surface area contributed by atoms with E-state index < -0.39 is 346 Å². The minimum absolute atomic E-state index is 0.0424. The van der Waals surface area contributed by atoms with Crippen LogP contribution in [0.5, 0.6) is 69.0 Å². The number of carboxylic acid groups (broad SMARTS) is 2. The topological polar surface area (TPSA) is 677 Å². The Morgan fingerprint density at radius 1 is 0.452 bits per heavy atom. The first-order chi connectivity index (χ1) is 64.2. The first-order valence-electron chi connectivity index (χ1n) is 42.0. The number of fused-ring (bicyclic) bond motifs is 14. The number of carbonyl (C=O) groups excluding carboxylic acids is 7. The molecule has 48 heteroatoms. The van der Waals surface area contributed by atoms with Crippen molar-refractivity contribution in [1.29, 1.82) is 0 Å². The van der Waals surface area contributed by atoms with Crippen LogP contribution in [-0.4, -0.2) is 265 Å². The highest BCUT2D eigenvalue weighted by Crippen LogP contribution is 2.53. The van der Waals surface area contributed by atoms with Crippen LogP contribution in [0.1, 0.15) is 140 Å². The highest BCUT2D eigenvalue weighted by Gasteiger charge is 2.54. The number of aliphatic hydroxyl groups excluding tert-OH is 11. The third-order valence-electron chi connectivity index (χ3n) is 23.6. The molecule has 724 valence electrons. The molecule has 0 aromatic heterocycles. The third-order valence-corrected chi connectivity index (χ3v) is 25.2. The summed E-state index contributed by atoms with van der Waals surface area (Å²) in [7, 11) is 1.32. The summed E-state index contributed by atoms with van der Waals surface area (Å²) in [5.41, 5.74) is -5.61. The van der Waals surface area contributed by atoms with Crippen molar-refractivity contribution in [2.45, 2.75) is 205 Å². The van der Waals surface area contributed by atoms with Crippen LogP contribution < -0.4 is 66.2 Å². The van der Waals surface area contributed by atoms with E-state index in [0.717, 1.165) is 98.5 Å². The van der Waals surface area contributed by atoms with Crippen LogP contribution in [0.25, 0.3) is 11.1 Å². The van der Waals surface area contributed by atoms with Gasteiger partial charge in [0.2, 0.25) is 59.7 Å². The lowest BCUT2D eigenvalue weighted by Gasteiger charge is -2.43. The number of carbonyl (C=O) groups is 9. The number of rotatable bonds is 20. The van der Waals surface area contributed by atoms with E-state index in [1.807, 2.05) is 6.92 Å². The molecule has 9 aliphatic rings. The van der Waals surface area contributed by atoms with E-state index in [4.69, 9.17) is 101 Å². The number of aliphatic carboxylic acids is 2. The van der Waals surface area contributed by atoms with Gasteiger partial charge >= 0.3 is 11.9 Å². The second-order valence-corrected chi connectivity index (χ2v) is 34.7. The smallest absolute Gasteiger partial charge is 0.335 e. The molecule has 0 aliphatic carbocycles. The zero-order chi connectivity index (χ0) is 97.5. The molecule has 1 unspecified atom stereocenters. The molecule has 0 spiro atoms. The van der Waals surface area contributed by atoms with Gasteiger partial charge in [-0.05, 0) is 114 Å². The summed E-state index contributed by atoms with van der Waals surface area (Å²) in [5, 5.41) is 211. The first kappa shape index (κ1) is 99.7. The van der Waals surface area contributed by atoms with Crippen LogP contribution in [0.15, 0.2) is 97.1 Å². The van der Waals surface area contributed by atoms with Gasteiger partial charge in [-0.25, -0.2) is 9.59 Å². The highest BCUT2D eigenvalue weighted by atomic mass is 35.5. The van der Waals surface area contributed by atoms with Crippen LogP contribution in [0.2, 0.25) is 25.1 Å². The Bertz CT molecular complexity index is 5730. The number of nitrogens with one attached hydrogen (secondary N) is 8. The Hall–Kier alpha value is -11.2. The predicted molar refractivity (Wildman–Crippen MR) is 463 cm³/mol. The van der Waals surface area contributed by atoms with E-state index in [9.17, 15) is 106 Å². The normalized spacial score (nSPS) is 29.1. The largest absolute Gasteiger partial charge is 0.508 e. The second kappa shape index (κ2) is 41.8. The molecule has 135 heavy (non-hydrogen) atoms. The van der Waals surface area contributed by atoms with Crippen molar-refractivity contribution >= 4 is 111 Å². The van der Waals surface area contributed by atoms with Gasteiger partial charge in [0.1, 0.15) is 150 Å². The minimum atomic E-state index is -2.79. The molecule has 17 bridgehead atoms. The van der Waals surface area contributed by atoms with Gasteiger partial charge in [0.05, 0.1) is 38.3 Å². The first-order valence-corrected chi connectivity index (χ1v) is 43.9. The Balaban J connectivity index is 1.06. The van der Waals surface area contributed by atoms with Gasteiger partial charge in [-0.15, -0.1) is 0 Å². The molecule has 7 aromatic rings. The number of likely N-dealkylation sites (N-methyl/N-ethyl adjacent to an activating group) is 1. The lowest BCUT2D eigenvalue weighted by molar-refractivity contribution is -0.278. The number of amides is 7. The average Bonchev–Trinajstić information content (AvgIpc) is 0.749. The number of aromatic hydroxyl groups is 4. The fourth-order valence-electron chi connectivity index (χ4n) is 16.6. The van der Waals surface area contributed by atoms with Crippen molar-refractivity contribution in [1.82, 2.24) is 42.5 Å². The Morgan fingerprint density at radius 3 is 1.62 bits per heavy atom. The molecule has 25 N–H and O–H groups in total. The van der Waals surface area contributed by atoms with E-state index in [-0.39, 0.29) is 24.0 Å². The zero-order valence-electron chi connectivity index (χ0n) is 70.5. The summed E-state index contributed by atoms with van der Waals surface area (Å²) in [6.07, 6.45) is -31.6. The lowest BCUT2D eigenvalue weighted by Crippen LogP contribution is -2.66. The van der Waals surface area contributed by atoms with Gasteiger partial charge in [0, 0.05) is 40.8 Å². The molecular weight excluding hydrogens is 1890 g/mol. The quantitative estimate of drug-likeness (QED) is 0.0488. The van der Waals surface area contributed by atoms with Crippen LogP contribution >= 0.6 is 58.0 Å². The van der Waals surface area contributed by atoms with E-state index in [1.165, 1.54) is 19.2 Å². The Labute approximate surface area is 788 Å². The van der Waals surface area contributed by atoms with Crippen LogP contribution in [0.3, 0.4) is 0 Å². The molecule has 24 atom stereocenters. The monoisotopic (exact) mass is 1980 g/mol. The van der Waals surface area contributed by atoms with E-state index in [2.05, 4.69) is 42.5 Å². The number of aliphatic hydroxyl groups is 11. The van der Waals surface area contributed by atoms with E-state index >= 15 is 24.0 Å². The van der Waals surface area contributed by atoms with Gasteiger partial charge in [-0.3, -0.25) is 33.6 Å². The number of ether oxygens (including phenoxy) is 9. The SMILES string of the molecule is CCCCCCCCCC(=O)N[C@H]1[C@H](O[C@H]2c3cc(Cl)c(c(Cl)c3)Oc3cc4cc(c3O[C@@H]3O[C@@H](CO)[C@H](O)[C@@H](O)[C@H]3O)Oc3ccc(cc3Cl)[C@@H](O)[C@H]3NC(=O)[C@@H](NC)c5ccc(O)c(c5)Oc5cc(O)c(Cl)c(c5)[C@@H](NC3=O)C(=O)N[C@H]4C(=O)N[C@@H]3C(=O)N[C@@H]2C(=O)NC(C(=O)O)c2cc(O)cc(O)c2-c2cc3cc(Cl)c2O[C@@H]2O[C@@H](CO)[C@H](O)[C@@H](O)[C@H]2O)O[C@H](C(=O)O)[C@@H](O)[C@@H]1O. The van der Waals surface area contributed by atoms with Crippen LogP contribution in [-0.2, 0) is 62.1 Å². The van der Waals surface area contributed by atoms with E-state index in [1.54, 1.807) is 0 Å². The lowest BCUT2D eigenvalue weighted by atomic mass is 9.89. The van der Waals surface area contributed by atoms with Crippen LogP contribution in [0.4, 0.5) is 0 Å². The molecular formula is C87H91Cl5N8O35. The zero-order valence-corrected chi connectivity index (χ0v) is 74.3. The number of hydrogen-bond donors (Lipinski definition) is 25. The maximum absolute atomic E-state index is 17.1. The summed E-state index contributed by atoms with van der Waals surface area (Å²) in [6, 6.07) is -4.49. The van der Waals surface area contributed by atoms with Gasteiger partial charge in [0.25, 0.3) is 0 Å². The van der Waals surface area contributed by atoms with Gasteiger partial charge in [0.15, 0.2) is 47.2 Å².